The Labute approximate surface area is 144 Å². The highest BCUT2D eigenvalue weighted by molar-refractivity contribution is 5.72. The Hall–Kier alpha value is -1.91. The first-order valence-electron chi connectivity index (χ1n) is 9.00. The number of carbonyl (C=O) groups excluding carboxylic acids is 1. The molecule has 2 aromatic rings. The number of rotatable bonds is 2. The number of esters is 1. The van der Waals surface area contributed by atoms with Gasteiger partial charge in [0.1, 0.15) is 0 Å². The van der Waals surface area contributed by atoms with Gasteiger partial charge in [-0.2, -0.15) is 5.10 Å². The maximum atomic E-state index is 11.8. The molecular formula is C19H29N3O2. The average Bonchev–Trinajstić information content (AvgIpc) is 2.84. The number of aromatic nitrogens is 3. The normalized spacial score (nSPS) is 20.9. The van der Waals surface area contributed by atoms with Crippen LogP contribution in [0.5, 0.6) is 0 Å². The molecular weight excluding hydrogens is 302 g/mol. The predicted octanol–water partition coefficient (Wildman–Crippen LogP) is 4.21. The minimum atomic E-state index is -0.0631. The first-order valence-corrected chi connectivity index (χ1v) is 9.00. The number of carbonyl (C=O) groups is 1. The number of fused-ring (bicyclic) bond motifs is 1. The molecule has 0 unspecified atom stereocenters. The van der Waals surface area contributed by atoms with Crippen molar-refractivity contribution in [2.24, 2.45) is 5.92 Å². The van der Waals surface area contributed by atoms with E-state index in [1.807, 2.05) is 31.5 Å². The summed E-state index contributed by atoms with van der Waals surface area (Å²) in [6.45, 7) is 8.11. The second kappa shape index (κ2) is 8.27. The van der Waals surface area contributed by atoms with E-state index in [-0.39, 0.29) is 11.9 Å². The summed E-state index contributed by atoms with van der Waals surface area (Å²) in [5.74, 6) is 0.413. The van der Waals surface area contributed by atoms with Gasteiger partial charge in [0.25, 0.3) is 0 Å². The second-order valence-electron chi connectivity index (χ2n) is 6.31. The summed E-state index contributed by atoms with van der Waals surface area (Å²) in [4.78, 5) is 16.6. The Morgan fingerprint density at radius 1 is 1.21 bits per heavy atom. The van der Waals surface area contributed by atoms with Gasteiger partial charge in [0, 0.05) is 22.9 Å². The van der Waals surface area contributed by atoms with Gasteiger partial charge in [-0.1, -0.05) is 20.3 Å². The molecule has 1 aliphatic rings. The maximum absolute atomic E-state index is 11.8. The molecule has 1 saturated carbocycles. The standard InChI is InChI=1S/C17H23N3O2.C2H6/c1-11-10-18-20-12(2)9-15(19-16(11)20)13-5-4-6-14(8-7-13)17(21)22-3;1-2/h9-10,13-14H,4-8H2,1-3H3;1-2H3/t13-,14-;/m0./s1. The Morgan fingerprint density at radius 3 is 2.67 bits per heavy atom. The molecule has 0 N–H and O–H groups in total. The molecule has 1 aliphatic carbocycles. The Morgan fingerprint density at radius 2 is 1.96 bits per heavy atom. The summed E-state index contributed by atoms with van der Waals surface area (Å²) in [6.07, 6.45) is 6.81. The van der Waals surface area contributed by atoms with Crippen LogP contribution < -0.4 is 0 Å². The molecule has 0 aliphatic heterocycles. The zero-order chi connectivity index (χ0) is 17.7. The van der Waals surface area contributed by atoms with Gasteiger partial charge >= 0.3 is 5.97 Å². The van der Waals surface area contributed by atoms with E-state index in [0.717, 1.165) is 54.7 Å². The van der Waals surface area contributed by atoms with E-state index >= 15 is 0 Å². The zero-order valence-corrected chi connectivity index (χ0v) is 15.5. The van der Waals surface area contributed by atoms with Crippen LogP contribution in [0, 0.1) is 19.8 Å². The summed E-state index contributed by atoms with van der Waals surface area (Å²) in [5.41, 5.74) is 4.30. The SMILES string of the molecule is CC.COC(=O)[C@H]1CCC[C@H](c2cc(C)n3ncc(C)c3n2)CC1. The topological polar surface area (TPSA) is 56.5 Å². The molecule has 132 valence electrons. The number of hydrogen-bond acceptors (Lipinski definition) is 4. The molecule has 24 heavy (non-hydrogen) atoms. The van der Waals surface area contributed by atoms with E-state index in [9.17, 15) is 4.79 Å². The summed E-state index contributed by atoms with van der Waals surface area (Å²) in [7, 11) is 1.48. The van der Waals surface area contributed by atoms with Crippen LogP contribution in [0.3, 0.4) is 0 Å². The van der Waals surface area contributed by atoms with Crippen molar-refractivity contribution in [3.63, 3.8) is 0 Å². The number of nitrogens with zero attached hydrogens (tertiary/aromatic N) is 3. The quantitative estimate of drug-likeness (QED) is 0.611. The van der Waals surface area contributed by atoms with Gasteiger partial charge in [0.2, 0.25) is 0 Å². The molecule has 5 heteroatoms. The smallest absolute Gasteiger partial charge is 0.308 e. The summed E-state index contributed by atoms with van der Waals surface area (Å²) in [6, 6.07) is 2.14. The van der Waals surface area contributed by atoms with E-state index in [4.69, 9.17) is 9.72 Å². The molecule has 0 aromatic carbocycles. The Bertz CT molecular complexity index is 693. The van der Waals surface area contributed by atoms with Crippen molar-refractivity contribution < 1.29 is 9.53 Å². The minimum Gasteiger partial charge on any atom is -0.469 e. The first-order chi connectivity index (χ1) is 11.6. The van der Waals surface area contributed by atoms with Crippen molar-refractivity contribution in [2.75, 3.05) is 7.11 Å². The zero-order valence-electron chi connectivity index (χ0n) is 15.5. The molecule has 0 saturated heterocycles. The molecule has 0 radical (unpaired) electrons. The Balaban J connectivity index is 0.00000100. The highest BCUT2D eigenvalue weighted by Crippen LogP contribution is 2.34. The van der Waals surface area contributed by atoms with Crippen molar-refractivity contribution in [2.45, 2.75) is 65.7 Å². The minimum absolute atomic E-state index is 0.0523. The van der Waals surface area contributed by atoms with Crippen LogP contribution in [0.2, 0.25) is 0 Å². The van der Waals surface area contributed by atoms with Crippen LogP contribution in [0.25, 0.3) is 5.65 Å². The molecule has 5 nitrogen and oxygen atoms in total. The molecule has 0 amide bonds. The maximum Gasteiger partial charge on any atom is 0.308 e. The van der Waals surface area contributed by atoms with Gasteiger partial charge in [-0.05, 0) is 45.6 Å². The van der Waals surface area contributed by atoms with Crippen LogP contribution in [-0.4, -0.2) is 27.7 Å². The third kappa shape index (κ3) is 3.77. The van der Waals surface area contributed by atoms with E-state index in [1.165, 1.54) is 7.11 Å². The van der Waals surface area contributed by atoms with Crippen molar-refractivity contribution in [3.8, 4) is 0 Å². The van der Waals surface area contributed by atoms with Crippen molar-refractivity contribution in [1.82, 2.24) is 14.6 Å². The summed E-state index contributed by atoms with van der Waals surface area (Å²) in [5, 5.41) is 4.36. The highest BCUT2D eigenvalue weighted by Gasteiger charge is 2.26. The highest BCUT2D eigenvalue weighted by atomic mass is 16.5. The van der Waals surface area contributed by atoms with Crippen LogP contribution in [-0.2, 0) is 9.53 Å². The van der Waals surface area contributed by atoms with Gasteiger partial charge in [-0.15, -0.1) is 0 Å². The number of ether oxygens (including phenoxy) is 1. The van der Waals surface area contributed by atoms with Crippen molar-refractivity contribution in [3.05, 3.63) is 29.2 Å². The van der Waals surface area contributed by atoms with Gasteiger partial charge in [0.05, 0.1) is 19.2 Å². The van der Waals surface area contributed by atoms with Gasteiger partial charge in [-0.25, -0.2) is 9.50 Å². The fraction of sp³-hybridized carbons (Fsp3) is 0.632. The molecule has 2 heterocycles. The van der Waals surface area contributed by atoms with Gasteiger partial charge < -0.3 is 4.74 Å². The average molecular weight is 331 g/mol. The number of hydrogen-bond donors (Lipinski definition) is 0. The second-order valence-corrected chi connectivity index (χ2v) is 6.31. The van der Waals surface area contributed by atoms with Crippen molar-refractivity contribution >= 4 is 11.6 Å². The summed E-state index contributed by atoms with van der Waals surface area (Å²) >= 11 is 0. The fourth-order valence-electron chi connectivity index (χ4n) is 3.46. The molecule has 0 spiro atoms. The largest absolute Gasteiger partial charge is 0.469 e. The molecule has 3 rings (SSSR count). The van der Waals surface area contributed by atoms with Gasteiger partial charge in [0.15, 0.2) is 5.65 Å². The predicted molar refractivity (Wildman–Crippen MR) is 95.1 cm³/mol. The van der Waals surface area contributed by atoms with E-state index < -0.39 is 0 Å². The van der Waals surface area contributed by atoms with Crippen LogP contribution in [0.1, 0.15) is 68.8 Å². The third-order valence-corrected chi connectivity index (χ3v) is 4.77. The molecule has 2 atom stereocenters. The molecule has 0 bridgehead atoms. The van der Waals surface area contributed by atoms with Crippen LogP contribution in [0.4, 0.5) is 0 Å². The van der Waals surface area contributed by atoms with E-state index in [1.54, 1.807) is 0 Å². The lowest BCUT2D eigenvalue weighted by Gasteiger charge is -2.15. The lowest BCUT2D eigenvalue weighted by atomic mass is 9.95. The molecule has 1 fully saturated rings. The molecule has 2 aromatic heterocycles. The summed E-state index contributed by atoms with van der Waals surface area (Å²) < 4.78 is 6.80. The third-order valence-electron chi connectivity index (χ3n) is 4.77. The van der Waals surface area contributed by atoms with Crippen molar-refractivity contribution in [1.29, 1.82) is 0 Å². The number of aryl methyl sites for hydroxylation is 2. The van der Waals surface area contributed by atoms with Gasteiger partial charge in [-0.3, -0.25) is 4.79 Å². The van der Waals surface area contributed by atoms with E-state index in [0.29, 0.717) is 5.92 Å². The Kier molecular flexibility index (Phi) is 6.35. The lowest BCUT2D eigenvalue weighted by Crippen LogP contribution is -2.15. The van der Waals surface area contributed by atoms with E-state index in [2.05, 4.69) is 18.1 Å². The van der Waals surface area contributed by atoms with Crippen LogP contribution in [0.15, 0.2) is 12.3 Å². The van der Waals surface area contributed by atoms with Crippen LogP contribution >= 0.6 is 0 Å². The first kappa shape index (κ1) is 18.4. The monoisotopic (exact) mass is 331 g/mol. The fourth-order valence-corrected chi connectivity index (χ4v) is 3.46. The lowest BCUT2D eigenvalue weighted by molar-refractivity contribution is -0.145. The number of methoxy groups -OCH3 is 1.